The van der Waals surface area contributed by atoms with E-state index >= 15 is 0 Å². The molecule has 0 aliphatic carbocycles. The zero-order chi connectivity index (χ0) is 15.8. The first-order valence-electron chi connectivity index (χ1n) is 6.88. The molecular formula is C16H10N4O2S. The number of para-hydroxylation sites is 1. The van der Waals surface area contributed by atoms with E-state index in [2.05, 4.69) is 10.1 Å². The third kappa shape index (κ3) is 2.27. The molecule has 4 rings (SSSR count). The van der Waals surface area contributed by atoms with E-state index in [1.54, 1.807) is 12.1 Å². The highest BCUT2D eigenvalue weighted by atomic mass is 32.1. The van der Waals surface area contributed by atoms with E-state index in [1.807, 2.05) is 48.5 Å². The van der Waals surface area contributed by atoms with Gasteiger partial charge in [0.1, 0.15) is 0 Å². The fraction of sp³-hybridized carbons (Fsp3) is 0. The molecule has 0 fully saturated rings. The van der Waals surface area contributed by atoms with Gasteiger partial charge in [-0.3, -0.25) is 0 Å². The minimum absolute atomic E-state index is 0.0750. The highest BCUT2D eigenvalue weighted by Gasteiger charge is 2.14. The highest BCUT2D eigenvalue weighted by molar-refractivity contribution is 7.71. The van der Waals surface area contributed by atoms with Crippen molar-refractivity contribution in [3.8, 4) is 17.1 Å². The Morgan fingerprint density at radius 2 is 1.61 bits per heavy atom. The topological polar surface area (TPSA) is 65.3 Å². The van der Waals surface area contributed by atoms with E-state index in [0.29, 0.717) is 11.6 Å². The van der Waals surface area contributed by atoms with Gasteiger partial charge < -0.3 is 4.42 Å². The van der Waals surface area contributed by atoms with Crippen molar-refractivity contribution in [2.75, 3.05) is 0 Å². The Kier molecular flexibility index (Phi) is 3.13. The summed E-state index contributed by atoms with van der Waals surface area (Å²) in [4.78, 5) is 16.9. The summed E-state index contributed by atoms with van der Waals surface area (Å²) in [5.41, 5.74) is 0.973. The second-order valence-corrected chi connectivity index (χ2v) is 5.18. The van der Waals surface area contributed by atoms with Crippen molar-refractivity contribution in [2.45, 2.75) is 0 Å². The van der Waals surface area contributed by atoms with Crippen LogP contribution in [0.1, 0.15) is 0 Å². The van der Waals surface area contributed by atoms with Crippen molar-refractivity contribution >= 4 is 18.1 Å². The Labute approximate surface area is 135 Å². The van der Waals surface area contributed by atoms with Gasteiger partial charge in [-0.25, -0.2) is 9.36 Å². The summed E-state index contributed by atoms with van der Waals surface area (Å²) < 4.78 is 8.12. The first-order valence-corrected chi connectivity index (χ1v) is 7.28. The average Bonchev–Trinajstić information content (AvgIpc) is 3.01. The number of rotatable bonds is 2. The lowest BCUT2D eigenvalue weighted by Crippen LogP contribution is -2.27. The number of aromatic nitrogens is 4. The molecule has 7 heteroatoms. The van der Waals surface area contributed by atoms with Crippen LogP contribution in [0.25, 0.3) is 23.0 Å². The number of hydrogen-bond donors (Lipinski definition) is 0. The van der Waals surface area contributed by atoms with E-state index < -0.39 is 5.69 Å². The van der Waals surface area contributed by atoms with Crippen molar-refractivity contribution in [3.05, 3.63) is 75.9 Å². The Bertz CT molecular complexity index is 1100. The molecule has 2 heterocycles. The third-order valence-electron chi connectivity index (χ3n) is 3.35. The van der Waals surface area contributed by atoms with Gasteiger partial charge in [-0.05, 0) is 36.5 Å². The minimum atomic E-state index is -0.419. The van der Waals surface area contributed by atoms with Gasteiger partial charge in [0, 0.05) is 5.56 Å². The number of fused-ring (bicyclic) bond motifs is 1. The highest BCUT2D eigenvalue weighted by Crippen LogP contribution is 2.17. The maximum atomic E-state index is 12.7. The summed E-state index contributed by atoms with van der Waals surface area (Å²) >= 11 is 5.23. The van der Waals surface area contributed by atoms with Gasteiger partial charge in [-0.15, -0.1) is 9.61 Å². The minimum Gasteiger partial charge on any atom is -0.403 e. The summed E-state index contributed by atoms with van der Waals surface area (Å²) in [5.74, 6) is 0.390. The van der Waals surface area contributed by atoms with Crippen molar-refractivity contribution < 1.29 is 4.42 Å². The van der Waals surface area contributed by atoms with Crippen LogP contribution < -0.4 is 5.69 Å². The summed E-state index contributed by atoms with van der Waals surface area (Å²) in [7, 11) is 0. The maximum absolute atomic E-state index is 12.7. The van der Waals surface area contributed by atoms with Gasteiger partial charge >= 0.3 is 11.5 Å². The Morgan fingerprint density at radius 1 is 0.957 bits per heavy atom. The lowest BCUT2D eigenvalue weighted by Gasteiger charge is -2.03. The molecule has 2 aromatic carbocycles. The SMILES string of the molecule is O=c1n(-c2ccccc2)c(=S)nc2oc(-c3ccccc3)nn12. The van der Waals surface area contributed by atoms with Crippen molar-refractivity contribution in [1.82, 2.24) is 19.2 Å². The molecule has 112 valence electrons. The molecule has 2 aromatic heterocycles. The van der Waals surface area contributed by atoms with Crippen LogP contribution in [0.4, 0.5) is 0 Å². The second kappa shape index (κ2) is 5.29. The van der Waals surface area contributed by atoms with Gasteiger partial charge in [-0.1, -0.05) is 36.4 Å². The van der Waals surface area contributed by atoms with Gasteiger partial charge in [-0.2, -0.15) is 4.98 Å². The molecule has 0 unspecified atom stereocenters. The first kappa shape index (κ1) is 13.6. The summed E-state index contributed by atoms with van der Waals surface area (Å²) in [5, 5.41) is 4.22. The van der Waals surface area contributed by atoms with Crippen LogP contribution in [0.5, 0.6) is 0 Å². The fourth-order valence-corrected chi connectivity index (χ4v) is 2.54. The molecule has 0 amide bonds. The molecule has 0 spiro atoms. The van der Waals surface area contributed by atoms with Gasteiger partial charge in [0.15, 0.2) is 0 Å². The largest absolute Gasteiger partial charge is 0.403 e. The van der Waals surface area contributed by atoms with Crippen molar-refractivity contribution in [1.29, 1.82) is 0 Å². The van der Waals surface area contributed by atoms with Crippen LogP contribution in [-0.2, 0) is 0 Å². The van der Waals surface area contributed by atoms with Gasteiger partial charge in [0.05, 0.1) is 5.69 Å². The quantitative estimate of drug-likeness (QED) is 0.531. The molecule has 0 atom stereocenters. The second-order valence-electron chi connectivity index (χ2n) is 4.82. The molecule has 0 aliphatic heterocycles. The van der Waals surface area contributed by atoms with Crippen LogP contribution in [0.2, 0.25) is 0 Å². The van der Waals surface area contributed by atoms with Crippen LogP contribution in [0.15, 0.2) is 69.9 Å². The molecule has 0 radical (unpaired) electrons. The predicted octanol–water partition coefficient (Wildman–Crippen LogP) is 2.87. The number of nitrogens with zero attached hydrogens (tertiary/aromatic N) is 4. The smallest absolute Gasteiger partial charge is 0.360 e. The zero-order valence-corrected chi connectivity index (χ0v) is 12.6. The van der Waals surface area contributed by atoms with E-state index in [9.17, 15) is 4.79 Å². The average molecular weight is 322 g/mol. The standard InChI is InChI=1S/C16H10N4O2S/c21-16-19(12-9-5-2-6-10-12)15(23)17-14-20(16)18-13(22-14)11-7-3-1-4-8-11/h1-10H. The van der Waals surface area contributed by atoms with Crippen molar-refractivity contribution in [2.24, 2.45) is 0 Å². The summed E-state index contributed by atoms with van der Waals surface area (Å²) in [6, 6.07) is 18.4. The normalized spacial score (nSPS) is 11.0. The lowest BCUT2D eigenvalue weighted by atomic mass is 10.2. The fourth-order valence-electron chi connectivity index (χ4n) is 2.28. The Balaban J connectivity index is 1.99. The van der Waals surface area contributed by atoms with Crippen LogP contribution in [0, 0.1) is 4.77 Å². The van der Waals surface area contributed by atoms with E-state index in [4.69, 9.17) is 16.6 Å². The molecular weight excluding hydrogens is 312 g/mol. The molecule has 0 saturated heterocycles. The Morgan fingerprint density at radius 3 is 2.30 bits per heavy atom. The first-order chi connectivity index (χ1) is 11.2. The van der Waals surface area contributed by atoms with E-state index in [-0.39, 0.29) is 10.6 Å². The van der Waals surface area contributed by atoms with Crippen molar-refractivity contribution in [3.63, 3.8) is 0 Å². The third-order valence-corrected chi connectivity index (χ3v) is 3.62. The van der Waals surface area contributed by atoms with Crippen LogP contribution in [0.3, 0.4) is 0 Å². The maximum Gasteiger partial charge on any atom is 0.360 e. The number of benzene rings is 2. The molecule has 0 saturated carbocycles. The molecule has 0 bridgehead atoms. The van der Waals surface area contributed by atoms with E-state index in [1.165, 1.54) is 4.57 Å². The molecule has 4 aromatic rings. The van der Waals surface area contributed by atoms with E-state index in [0.717, 1.165) is 10.1 Å². The zero-order valence-electron chi connectivity index (χ0n) is 11.8. The summed E-state index contributed by atoms with van der Waals surface area (Å²) in [6.45, 7) is 0. The van der Waals surface area contributed by atoms with Crippen LogP contribution in [-0.4, -0.2) is 19.2 Å². The van der Waals surface area contributed by atoms with Crippen LogP contribution >= 0.6 is 12.2 Å². The number of hydrogen-bond acceptors (Lipinski definition) is 5. The predicted molar refractivity (Wildman–Crippen MR) is 87.1 cm³/mol. The molecule has 6 nitrogen and oxygen atoms in total. The van der Waals surface area contributed by atoms with Gasteiger partial charge in [0.25, 0.3) is 0 Å². The summed E-state index contributed by atoms with van der Waals surface area (Å²) in [6.07, 6.45) is 0. The lowest BCUT2D eigenvalue weighted by molar-refractivity contribution is 0.594. The molecule has 23 heavy (non-hydrogen) atoms. The molecule has 0 N–H and O–H groups in total. The Hall–Kier alpha value is -3.06. The molecule has 0 aliphatic rings. The van der Waals surface area contributed by atoms with Gasteiger partial charge in [0.2, 0.25) is 10.7 Å². The monoisotopic (exact) mass is 322 g/mol.